The Morgan fingerprint density at radius 1 is 1.00 bits per heavy atom. The minimum atomic E-state index is -0.691. The summed E-state index contributed by atoms with van der Waals surface area (Å²) in [6, 6.07) is 14.1. The van der Waals surface area contributed by atoms with Gasteiger partial charge in [0, 0.05) is 5.57 Å². The molecular weight excluding hydrogens is 378 g/mol. The number of allylic oxidation sites excluding steroid dienone is 4. The van der Waals surface area contributed by atoms with Crippen LogP contribution in [0.3, 0.4) is 0 Å². The first-order chi connectivity index (χ1) is 14.1. The van der Waals surface area contributed by atoms with Gasteiger partial charge >= 0.3 is 6.03 Å². The molecule has 2 aliphatic rings. The summed E-state index contributed by atoms with van der Waals surface area (Å²) in [6.45, 7) is 0. The molecule has 142 valence electrons. The second kappa shape index (κ2) is 6.48. The highest BCUT2D eigenvalue weighted by molar-refractivity contribution is 6.10. The maximum Gasteiger partial charge on any atom is 0.331 e. The van der Waals surface area contributed by atoms with Crippen molar-refractivity contribution in [3.63, 3.8) is 0 Å². The van der Waals surface area contributed by atoms with Gasteiger partial charge in [0.15, 0.2) is 0 Å². The number of carbonyl (C=O) groups excluding carboxylic acids is 1. The van der Waals surface area contributed by atoms with E-state index in [4.69, 9.17) is 0 Å². The van der Waals surface area contributed by atoms with Crippen molar-refractivity contribution in [3.05, 3.63) is 95.1 Å². The number of amides is 2. The SMILES string of the molecule is O=C(Nc1ccccc1F)N1c2c(F)cc(-c3ccccc3)c1c2-c1nn[nH]n1. The minimum Gasteiger partial charge on any atom is -0.304 e. The summed E-state index contributed by atoms with van der Waals surface area (Å²) in [5.41, 5.74) is 1.98. The number of benzene rings is 2. The van der Waals surface area contributed by atoms with Crippen LogP contribution in [0.4, 0.5) is 19.3 Å². The summed E-state index contributed by atoms with van der Waals surface area (Å²) < 4.78 is 29.0. The molecule has 2 amide bonds. The Morgan fingerprint density at radius 2 is 1.76 bits per heavy atom. The minimum absolute atomic E-state index is 0.00423. The Balaban J connectivity index is 1.60. The fourth-order valence-electron chi connectivity index (χ4n) is 3.39. The lowest BCUT2D eigenvalue weighted by Gasteiger charge is -2.42. The Morgan fingerprint density at radius 3 is 2.48 bits per heavy atom. The number of aromatic amines is 1. The van der Waals surface area contributed by atoms with E-state index in [1.165, 1.54) is 24.3 Å². The second-order valence-corrected chi connectivity index (χ2v) is 6.33. The first-order valence-corrected chi connectivity index (χ1v) is 8.66. The molecule has 2 N–H and O–H groups in total. The number of nitrogens with zero attached hydrogens (tertiary/aromatic N) is 4. The number of tetrazole rings is 1. The van der Waals surface area contributed by atoms with Crippen LogP contribution in [0.2, 0.25) is 0 Å². The van der Waals surface area contributed by atoms with Crippen LogP contribution in [0, 0.1) is 5.82 Å². The van der Waals surface area contributed by atoms with Crippen LogP contribution in [0.25, 0.3) is 11.1 Å². The summed E-state index contributed by atoms with van der Waals surface area (Å²) in [5.74, 6) is -1.05. The zero-order valence-corrected chi connectivity index (χ0v) is 14.7. The molecule has 0 saturated heterocycles. The van der Waals surface area contributed by atoms with Crippen LogP contribution in [-0.4, -0.2) is 31.6 Å². The summed E-state index contributed by atoms with van der Waals surface area (Å²) in [7, 11) is 0. The molecule has 29 heavy (non-hydrogen) atoms. The summed E-state index contributed by atoms with van der Waals surface area (Å²) in [6.07, 6.45) is 1.36. The smallest absolute Gasteiger partial charge is 0.304 e. The van der Waals surface area contributed by atoms with Gasteiger partial charge in [-0.25, -0.2) is 13.6 Å². The Hall–Kier alpha value is -4.14. The van der Waals surface area contributed by atoms with Crippen LogP contribution in [0.1, 0.15) is 11.4 Å². The highest BCUT2D eigenvalue weighted by Gasteiger charge is 2.46. The third-order valence-electron chi connectivity index (χ3n) is 4.65. The van der Waals surface area contributed by atoms with Crippen molar-refractivity contribution in [2.45, 2.75) is 0 Å². The molecular formula is C20H12F2N6O. The van der Waals surface area contributed by atoms with E-state index in [0.717, 1.165) is 4.90 Å². The number of halogens is 2. The predicted molar refractivity (Wildman–Crippen MR) is 101 cm³/mol. The Bertz CT molecular complexity index is 1210. The normalized spacial score (nSPS) is 15.2. The van der Waals surface area contributed by atoms with Gasteiger partial charge in [-0.2, -0.15) is 5.21 Å². The fraction of sp³-hybridized carbons (Fsp3) is 0. The molecule has 2 aliphatic heterocycles. The average Bonchev–Trinajstić information content (AvgIpc) is 3.23. The molecule has 0 radical (unpaired) electrons. The zero-order chi connectivity index (χ0) is 20.0. The highest BCUT2D eigenvalue weighted by atomic mass is 19.1. The van der Waals surface area contributed by atoms with E-state index in [2.05, 4.69) is 25.9 Å². The average molecular weight is 390 g/mol. The molecule has 3 aromatic rings. The molecule has 2 bridgehead atoms. The first kappa shape index (κ1) is 17.0. The predicted octanol–water partition coefficient (Wildman–Crippen LogP) is 3.88. The van der Waals surface area contributed by atoms with E-state index in [-0.39, 0.29) is 17.2 Å². The molecule has 3 heterocycles. The van der Waals surface area contributed by atoms with Gasteiger partial charge in [0.1, 0.15) is 11.6 Å². The Kier molecular flexibility index (Phi) is 3.80. The van der Waals surface area contributed by atoms with Crippen molar-refractivity contribution >= 4 is 22.9 Å². The van der Waals surface area contributed by atoms with Gasteiger partial charge in [-0.15, -0.1) is 10.2 Å². The quantitative estimate of drug-likeness (QED) is 0.711. The third kappa shape index (κ3) is 2.63. The van der Waals surface area contributed by atoms with E-state index < -0.39 is 17.7 Å². The number of hydrogen-bond donors (Lipinski definition) is 2. The van der Waals surface area contributed by atoms with Crippen LogP contribution >= 0.6 is 0 Å². The van der Waals surface area contributed by atoms with Crippen LogP contribution in [0.5, 0.6) is 0 Å². The van der Waals surface area contributed by atoms with Gasteiger partial charge in [0.2, 0.25) is 5.82 Å². The lowest BCUT2D eigenvalue weighted by molar-refractivity contribution is 0.232. The van der Waals surface area contributed by atoms with E-state index in [0.29, 0.717) is 22.4 Å². The van der Waals surface area contributed by atoms with Crippen LogP contribution in [-0.2, 0) is 0 Å². The third-order valence-corrected chi connectivity index (χ3v) is 4.65. The largest absolute Gasteiger partial charge is 0.331 e. The van der Waals surface area contributed by atoms with Gasteiger partial charge in [0.25, 0.3) is 0 Å². The molecule has 0 spiro atoms. The number of carbonyl (C=O) groups is 1. The van der Waals surface area contributed by atoms with Gasteiger partial charge in [-0.05, 0) is 29.0 Å². The number of hydrogen-bond acceptors (Lipinski definition) is 4. The van der Waals surface area contributed by atoms with Gasteiger partial charge in [-0.3, -0.25) is 4.90 Å². The van der Waals surface area contributed by atoms with E-state index in [9.17, 15) is 9.18 Å². The van der Waals surface area contributed by atoms with E-state index in [1.807, 2.05) is 18.2 Å². The summed E-state index contributed by atoms with van der Waals surface area (Å²) in [4.78, 5) is 14.1. The maximum atomic E-state index is 15.0. The number of aromatic nitrogens is 4. The monoisotopic (exact) mass is 390 g/mol. The maximum absolute atomic E-state index is 15.0. The van der Waals surface area contributed by atoms with Crippen molar-refractivity contribution in [1.29, 1.82) is 0 Å². The number of fused-ring (bicyclic) bond motifs is 2. The standard InChI is InChI=1S/C20H12F2N6O/c21-13-8-4-5-9-15(13)23-20(29)28-17-12(11-6-2-1-3-7-11)10-14(22)18(28)16(17)19-24-26-27-25-19/h1-10H,(H,23,29)(H,24,25,26,27). The van der Waals surface area contributed by atoms with Crippen molar-refractivity contribution in [2.75, 3.05) is 5.32 Å². The lowest BCUT2D eigenvalue weighted by Crippen LogP contribution is -2.44. The van der Waals surface area contributed by atoms with Crippen molar-refractivity contribution in [1.82, 2.24) is 25.5 Å². The molecule has 5 rings (SSSR count). The van der Waals surface area contributed by atoms with E-state index in [1.54, 1.807) is 18.2 Å². The van der Waals surface area contributed by atoms with Crippen molar-refractivity contribution in [3.8, 4) is 0 Å². The molecule has 0 atom stereocenters. The fourth-order valence-corrected chi connectivity index (χ4v) is 3.39. The van der Waals surface area contributed by atoms with Crippen LogP contribution < -0.4 is 5.32 Å². The number of para-hydroxylation sites is 1. The number of H-pyrrole nitrogens is 1. The molecule has 9 heteroatoms. The van der Waals surface area contributed by atoms with Gasteiger partial charge in [-0.1, -0.05) is 42.5 Å². The molecule has 0 fully saturated rings. The highest BCUT2D eigenvalue weighted by Crippen LogP contribution is 2.52. The summed E-state index contributed by atoms with van der Waals surface area (Å²) in [5, 5.41) is 16.2. The van der Waals surface area contributed by atoms with Crippen molar-refractivity contribution in [2.24, 2.45) is 0 Å². The number of nitrogens with one attached hydrogen (secondary N) is 2. The Labute approximate surface area is 163 Å². The first-order valence-electron chi connectivity index (χ1n) is 8.66. The number of anilines is 1. The second-order valence-electron chi connectivity index (χ2n) is 6.33. The molecule has 0 aliphatic carbocycles. The van der Waals surface area contributed by atoms with E-state index >= 15 is 4.39 Å². The molecule has 1 aromatic heterocycles. The topological polar surface area (TPSA) is 86.8 Å². The number of rotatable bonds is 3. The summed E-state index contributed by atoms with van der Waals surface area (Å²) >= 11 is 0. The number of urea groups is 1. The lowest BCUT2D eigenvalue weighted by atomic mass is 9.84. The zero-order valence-electron chi connectivity index (χ0n) is 14.7. The van der Waals surface area contributed by atoms with Gasteiger partial charge in [0.05, 0.1) is 22.7 Å². The van der Waals surface area contributed by atoms with Crippen molar-refractivity contribution < 1.29 is 13.6 Å². The molecule has 0 saturated carbocycles. The van der Waals surface area contributed by atoms with Crippen LogP contribution in [0.15, 0.2) is 77.9 Å². The molecule has 7 nitrogen and oxygen atoms in total. The molecule has 0 unspecified atom stereocenters. The van der Waals surface area contributed by atoms with Gasteiger partial charge < -0.3 is 5.32 Å². The molecule has 2 aromatic carbocycles.